The number of para-hydroxylation sites is 2. The Balaban J connectivity index is 1.29. The van der Waals surface area contributed by atoms with E-state index in [2.05, 4.69) is 16.0 Å². The topological polar surface area (TPSA) is 154 Å². The van der Waals surface area contributed by atoms with Crippen LogP contribution in [0, 0.1) is 0 Å². The van der Waals surface area contributed by atoms with E-state index < -0.39 is 55.6 Å². The average Bonchev–Trinajstić information content (AvgIpc) is 3.20. The summed E-state index contributed by atoms with van der Waals surface area (Å²) in [5.41, 5.74) is 5.47. The molecule has 278 valence electrons. The Morgan fingerprint density at radius 2 is 1.11 bits per heavy atom. The molecule has 1 saturated heterocycles. The summed E-state index contributed by atoms with van der Waals surface area (Å²) in [6, 6.07) is 40.4. The van der Waals surface area contributed by atoms with Gasteiger partial charge in [0.25, 0.3) is 0 Å². The number of carbonyl (C=O) groups excluding carboxylic acids is 3. The van der Waals surface area contributed by atoms with Crippen LogP contribution in [0.15, 0.2) is 133 Å². The van der Waals surface area contributed by atoms with Crippen molar-refractivity contribution >= 4 is 35.3 Å². The van der Waals surface area contributed by atoms with Crippen molar-refractivity contribution in [2.45, 2.75) is 44.1 Å². The predicted molar refractivity (Wildman–Crippen MR) is 204 cm³/mol. The van der Waals surface area contributed by atoms with E-state index in [0.717, 1.165) is 34.2 Å². The summed E-state index contributed by atoms with van der Waals surface area (Å²) in [7, 11) is 1.31. The van der Waals surface area contributed by atoms with Gasteiger partial charge in [-0.15, -0.1) is 0 Å². The number of nitrogens with one attached hydrogen (secondary N) is 3. The summed E-state index contributed by atoms with van der Waals surface area (Å²) in [6.07, 6.45) is -9.17. The molecule has 3 amide bonds. The average molecular weight is 732 g/mol. The zero-order valence-corrected chi connectivity index (χ0v) is 29.7. The highest BCUT2D eigenvalue weighted by Crippen LogP contribution is 2.33. The monoisotopic (exact) mass is 731 g/mol. The maximum Gasteiger partial charge on any atom is 0.412 e. The second-order valence-electron chi connectivity index (χ2n) is 12.3. The molecule has 0 radical (unpaired) electrons. The lowest BCUT2D eigenvalue weighted by atomic mass is 9.98. The number of amides is 3. The zero-order valence-electron chi connectivity index (χ0n) is 29.7. The standard InChI is InChI=1S/C42H41N3O9/c1-3-27-15-14-20-30(25-27)43-40(47)52-36-35(26-46)51-39(50-2)38(54-42(49)45-34-24-13-11-22-32(34)29-18-8-5-9-19-29)37(36)53-41(48)44-33-23-12-10-21-31(33)28-16-6-4-7-17-28/h4-25,35-39,46H,3,26H2,1-2H3,(H,43,47)(H,44,48)(H,45,49)/t35-,36-,37+,38+,39+/m1/s1. The first-order valence-electron chi connectivity index (χ1n) is 17.5. The highest BCUT2D eigenvalue weighted by molar-refractivity contribution is 5.93. The third-order valence-corrected chi connectivity index (χ3v) is 8.81. The third kappa shape index (κ3) is 9.22. The second-order valence-corrected chi connectivity index (χ2v) is 12.3. The van der Waals surface area contributed by atoms with Crippen molar-refractivity contribution in [2.75, 3.05) is 29.7 Å². The van der Waals surface area contributed by atoms with Gasteiger partial charge in [0, 0.05) is 23.9 Å². The van der Waals surface area contributed by atoms with Crippen LogP contribution in [-0.2, 0) is 30.1 Å². The molecule has 12 heteroatoms. The number of hydrogen-bond acceptors (Lipinski definition) is 9. The first-order chi connectivity index (χ1) is 26.4. The zero-order chi connectivity index (χ0) is 37.9. The van der Waals surface area contributed by atoms with Gasteiger partial charge in [0.05, 0.1) is 18.0 Å². The van der Waals surface area contributed by atoms with E-state index in [-0.39, 0.29) is 0 Å². The third-order valence-electron chi connectivity index (χ3n) is 8.81. The van der Waals surface area contributed by atoms with Crippen LogP contribution in [0.2, 0.25) is 0 Å². The van der Waals surface area contributed by atoms with Crippen LogP contribution in [0.1, 0.15) is 12.5 Å². The molecule has 12 nitrogen and oxygen atoms in total. The van der Waals surface area contributed by atoms with Crippen molar-refractivity contribution < 1.29 is 43.2 Å². The number of carbonyl (C=O) groups is 3. The van der Waals surface area contributed by atoms with Crippen molar-refractivity contribution in [3.63, 3.8) is 0 Å². The Morgan fingerprint density at radius 3 is 1.65 bits per heavy atom. The van der Waals surface area contributed by atoms with E-state index >= 15 is 0 Å². The second kappa shape index (κ2) is 18.0. The lowest BCUT2D eigenvalue weighted by molar-refractivity contribution is -0.290. The van der Waals surface area contributed by atoms with E-state index in [1.165, 1.54) is 7.11 Å². The lowest BCUT2D eigenvalue weighted by Gasteiger charge is -2.43. The number of ether oxygens (including phenoxy) is 5. The van der Waals surface area contributed by atoms with E-state index in [4.69, 9.17) is 23.7 Å². The molecule has 1 fully saturated rings. The van der Waals surface area contributed by atoms with Gasteiger partial charge in [-0.25, -0.2) is 14.4 Å². The van der Waals surface area contributed by atoms with Gasteiger partial charge in [-0.2, -0.15) is 0 Å². The molecule has 5 aromatic rings. The molecule has 5 atom stereocenters. The van der Waals surface area contributed by atoms with Gasteiger partial charge in [-0.05, 0) is 47.4 Å². The van der Waals surface area contributed by atoms with E-state index in [1.54, 1.807) is 42.5 Å². The lowest BCUT2D eigenvalue weighted by Crippen LogP contribution is -2.63. The number of aryl methyl sites for hydroxylation is 1. The van der Waals surface area contributed by atoms with E-state index in [1.807, 2.05) is 97.9 Å². The number of aliphatic hydroxyl groups is 1. The quantitative estimate of drug-likeness (QED) is 0.0987. The molecule has 54 heavy (non-hydrogen) atoms. The van der Waals surface area contributed by atoms with Gasteiger partial charge >= 0.3 is 18.3 Å². The largest absolute Gasteiger partial charge is 0.439 e. The van der Waals surface area contributed by atoms with Crippen molar-refractivity contribution in [3.05, 3.63) is 139 Å². The molecule has 5 aromatic carbocycles. The van der Waals surface area contributed by atoms with Crippen LogP contribution in [0.4, 0.5) is 31.4 Å². The number of aliphatic hydroxyl groups excluding tert-OH is 1. The maximum atomic E-state index is 13.8. The molecule has 0 spiro atoms. The van der Waals surface area contributed by atoms with Gasteiger partial charge in [0.2, 0.25) is 0 Å². The Bertz CT molecular complexity index is 2030. The van der Waals surface area contributed by atoms with Gasteiger partial charge in [0.15, 0.2) is 24.6 Å². The van der Waals surface area contributed by atoms with Crippen LogP contribution in [0.3, 0.4) is 0 Å². The van der Waals surface area contributed by atoms with Crippen LogP contribution < -0.4 is 16.0 Å². The summed E-state index contributed by atoms with van der Waals surface area (Å²) >= 11 is 0. The molecule has 4 N–H and O–H groups in total. The fourth-order valence-electron chi connectivity index (χ4n) is 6.21. The van der Waals surface area contributed by atoms with Gasteiger partial charge in [-0.1, -0.05) is 116 Å². The fourth-order valence-corrected chi connectivity index (χ4v) is 6.21. The van der Waals surface area contributed by atoms with Crippen molar-refractivity contribution in [3.8, 4) is 22.3 Å². The molecular formula is C42H41N3O9. The number of methoxy groups -OCH3 is 1. The highest BCUT2D eigenvalue weighted by Gasteiger charge is 2.53. The molecule has 1 aliphatic rings. The molecule has 0 saturated carbocycles. The number of benzene rings is 5. The Labute approximate surface area is 313 Å². The SMILES string of the molecule is CCc1cccc(NC(=O)O[C@H]2[C@H](OC(=O)Nc3ccccc3-c3ccccc3)[C@H](OC(=O)Nc3ccccc3-c3ccccc3)[C@@H](OC)O[C@@H]2CO)c1. The van der Waals surface area contributed by atoms with Crippen LogP contribution >= 0.6 is 0 Å². The first kappa shape index (κ1) is 37.5. The van der Waals surface area contributed by atoms with Crippen molar-refractivity contribution in [1.29, 1.82) is 0 Å². The van der Waals surface area contributed by atoms with Gasteiger partial charge in [-0.3, -0.25) is 16.0 Å². The normalized spacial score (nSPS) is 19.2. The molecule has 0 unspecified atom stereocenters. The number of rotatable bonds is 11. The van der Waals surface area contributed by atoms with Crippen LogP contribution in [0.25, 0.3) is 22.3 Å². The smallest absolute Gasteiger partial charge is 0.412 e. The Morgan fingerprint density at radius 1 is 0.611 bits per heavy atom. The molecule has 1 heterocycles. The molecule has 0 aliphatic carbocycles. The summed E-state index contributed by atoms with van der Waals surface area (Å²) in [5.74, 6) is 0. The van der Waals surface area contributed by atoms with Gasteiger partial charge in [0.1, 0.15) is 6.10 Å². The van der Waals surface area contributed by atoms with Crippen LogP contribution in [-0.4, -0.2) is 67.8 Å². The van der Waals surface area contributed by atoms with E-state index in [9.17, 15) is 19.5 Å². The Kier molecular flexibility index (Phi) is 12.5. The molecule has 1 aliphatic heterocycles. The minimum Gasteiger partial charge on any atom is -0.439 e. The van der Waals surface area contributed by atoms with Gasteiger partial charge < -0.3 is 28.8 Å². The van der Waals surface area contributed by atoms with E-state index in [0.29, 0.717) is 17.1 Å². The molecule has 0 bridgehead atoms. The van der Waals surface area contributed by atoms with Crippen molar-refractivity contribution in [2.24, 2.45) is 0 Å². The highest BCUT2D eigenvalue weighted by atomic mass is 16.7. The fraction of sp³-hybridized carbons (Fsp3) is 0.214. The van der Waals surface area contributed by atoms with Crippen LogP contribution in [0.5, 0.6) is 0 Å². The summed E-state index contributed by atoms with van der Waals surface area (Å²) in [5, 5.41) is 18.6. The minimum absolute atomic E-state index is 0.432. The summed E-state index contributed by atoms with van der Waals surface area (Å²) < 4.78 is 29.2. The Hall–Kier alpha value is -6.21. The first-order valence-corrected chi connectivity index (χ1v) is 17.5. The molecule has 0 aromatic heterocycles. The molecule has 6 rings (SSSR count). The maximum absolute atomic E-state index is 13.8. The van der Waals surface area contributed by atoms with Crippen molar-refractivity contribution in [1.82, 2.24) is 0 Å². The summed E-state index contributed by atoms with van der Waals surface area (Å²) in [6.45, 7) is 1.32. The molecular weight excluding hydrogens is 690 g/mol. The number of anilines is 3. The minimum atomic E-state index is -1.53. The number of hydrogen-bond donors (Lipinski definition) is 4. The summed E-state index contributed by atoms with van der Waals surface area (Å²) in [4.78, 5) is 40.8. The predicted octanol–water partition coefficient (Wildman–Crippen LogP) is 8.10.